The van der Waals surface area contributed by atoms with E-state index in [1.807, 2.05) is 35.0 Å². The molecular weight excluding hydrogens is 406 g/mol. The van der Waals surface area contributed by atoms with Gasteiger partial charge in [-0.2, -0.15) is 5.10 Å². The molecule has 0 N–H and O–H groups in total. The van der Waals surface area contributed by atoms with Crippen molar-refractivity contribution in [1.82, 2.24) is 24.2 Å². The topological polar surface area (TPSA) is 52.0 Å². The van der Waals surface area contributed by atoms with E-state index in [0.29, 0.717) is 11.8 Å². The number of para-hydroxylation sites is 3. The van der Waals surface area contributed by atoms with E-state index >= 15 is 0 Å². The van der Waals surface area contributed by atoms with E-state index in [4.69, 9.17) is 26.7 Å². The van der Waals surface area contributed by atoms with Crippen LogP contribution >= 0.6 is 12.2 Å². The second-order valence-corrected chi connectivity index (χ2v) is 9.00. The van der Waals surface area contributed by atoms with Crippen LogP contribution in [-0.2, 0) is 6.67 Å². The number of fused-ring (bicyclic) bond motifs is 1. The lowest BCUT2D eigenvalue weighted by Crippen LogP contribution is -2.35. The van der Waals surface area contributed by atoms with Crippen molar-refractivity contribution in [2.24, 2.45) is 0 Å². The van der Waals surface area contributed by atoms with Crippen molar-refractivity contribution in [1.29, 1.82) is 0 Å². The Bertz CT molecular complexity index is 1230. The van der Waals surface area contributed by atoms with Gasteiger partial charge in [0.25, 0.3) is 0 Å². The number of hydrogen-bond acceptors (Lipinski definition) is 5. The van der Waals surface area contributed by atoms with E-state index in [0.717, 1.165) is 65.9 Å². The summed E-state index contributed by atoms with van der Waals surface area (Å²) in [5.74, 6) is 2.90. The first-order chi connectivity index (χ1) is 15.3. The Kier molecular flexibility index (Phi) is 4.73. The molecule has 6 nitrogen and oxygen atoms in total. The third kappa shape index (κ3) is 3.62. The third-order valence-corrected chi connectivity index (χ3v) is 6.80. The average molecular weight is 432 g/mol. The van der Waals surface area contributed by atoms with Crippen LogP contribution in [0.3, 0.4) is 0 Å². The Morgan fingerprint density at radius 1 is 0.903 bits per heavy atom. The standard InChI is InChI=1S/C24H25N5OS/c31-24-28(26-22(17-10-11-17)29(24)19-6-2-1-3-7-19)16-27-14-12-18(13-15-27)23-25-20-8-4-5-9-21(20)30-23/h1-9,17-18H,10-16H2. The van der Waals surface area contributed by atoms with Gasteiger partial charge in [0.05, 0.1) is 6.67 Å². The molecular formula is C24H25N5OS. The number of oxazole rings is 1. The Morgan fingerprint density at radius 3 is 2.39 bits per heavy atom. The highest BCUT2D eigenvalue weighted by atomic mass is 32.1. The summed E-state index contributed by atoms with van der Waals surface area (Å²) in [5.41, 5.74) is 2.94. The van der Waals surface area contributed by atoms with Gasteiger partial charge in [-0.1, -0.05) is 30.3 Å². The van der Waals surface area contributed by atoms with E-state index < -0.39 is 0 Å². The zero-order valence-corrected chi connectivity index (χ0v) is 18.2. The van der Waals surface area contributed by atoms with Gasteiger partial charge < -0.3 is 4.42 Å². The minimum Gasteiger partial charge on any atom is -0.440 e. The summed E-state index contributed by atoms with van der Waals surface area (Å²) in [6.07, 6.45) is 4.48. The van der Waals surface area contributed by atoms with Crippen LogP contribution in [0.4, 0.5) is 0 Å². The highest BCUT2D eigenvalue weighted by Crippen LogP contribution is 2.40. The smallest absolute Gasteiger partial charge is 0.203 e. The monoisotopic (exact) mass is 431 g/mol. The van der Waals surface area contributed by atoms with Gasteiger partial charge in [-0.3, -0.25) is 9.47 Å². The van der Waals surface area contributed by atoms with E-state index in [1.54, 1.807) is 0 Å². The minimum atomic E-state index is 0.375. The first-order valence-electron chi connectivity index (χ1n) is 11.1. The van der Waals surface area contributed by atoms with Crippen LogP contribution in [0.1, 0.15) is 49.2 Å². The predicted molar refractivity (Wildman–Crippen MR) is 122 cm³/mol. The van der Waals surface area contributed by atoms with Crippen molar-refractivity contribution in [3.63, 3.8) is 0 Å². The largest absolute Gasteiger partial charge is 0.440 e. The normalized spacial score (nSPS) is 18.1. The molecule has 31 heavy (non-hydrogen) atoms. The summed E-state index contributed by atoms with van der Waals surface area (Å²) in [6.45, 7) is 2.71. The summed E-state index contributed by atoms with van der Waals surface area (Å²) >= 11 is 5.86. The average Bonchev–Trinajstić information content (AvgIpc) is 3.48. The fraction of sp³-hybridized carbons (Fsp3) is 0.375. The summed E-state index contributed by atoms with van der Waals surface area (Å²) in [7, 11) is 0. The van der Waals surface area contributed by atoms with E-state index in [1.165, 1.54) is 12.8 Å². The second kappa shape index (κ2) is 7.73. The lowest BCUT2D eigenvalue weighted by molar-refractivity contribution is 0.153. The van der Waals surface area contributed by atoms with Crippen LogP contribution in [0.2, 0.25) is 0 Å². The quantitative estimate of drug-likeness (QED) is 0.404. The first kappa shape index (κ1) is 19.0. The van der Waals surface area contributed by atoms with Gasteiger partial charge in [0, 0.05) is 30.6 Å². The maximum atomic E-state index is 6.01. The SMILES string of the molecule is S=c1n(CN2CCC(c3nc4ccccc4o3)CC2)nc(C2CC2)n1-c1ccccc1. The van der Waals surface area contributed by atoms with Crippen LogP contribution < -0.4 is 0 Å². The zero-order valence-electron chi connectivity index (χ0n) is 17.4. The van der Waals surface area contributed by atoms with Crippen molar-refractivity contribution in [3.05, 3.63) is 71.1 Å². The minimum absolute atomic E-state index is 0.375. The number of rotatable bonds is 5. The molecule has 2 aliphatic rings. The van der Waals surface area contributed by atoms with Crippen molar-refractivity contribution < 1.29 is 4.42 Å². The molecule has 2 aromatic carbocycles. The maximum Gasteiger partial charge on any atom is 0.203 e. The molecule has 0 radical (unpaired) electrons. The number of benzene rings is 2. The van der Waals surface area contributed by atoms with Crippen LogP contribution in [-0.4, -0.2) is 37.3 Å². The Hall–Kier alpha value is -2.77. The lowest BCUT2D eigenvalue weighted by atomic mass is 9.97. The van der Waals surface area contributed by atoms with E-state index in [2.05, 4.69) is 33.7 Å². The van der Waals surface area contributed by atoms with Gasteiger partial charge in [0.1, 0.15) is 11.3 Å². The number of nitrogens with zero attached hydrogens (tertiary/aromatic N) is 5. The Labute approximate surface area is 186 Å². The molecule has 7 heteroatoms. The van der Waals surface area contributed by atoms with Gasteiger partial charge in [0.15, 0.2) is 11.5 Å². The number of hydrogen-bond donors (Lipinski definition) is 0. The number of likely N-dealkylation sites (tertiary alicyclic amines) is 1. The van der Waals surface area contributed by atoms with Gasteiger partial charge in [0.2, 0.25) is 4.77 Å². The molecule has 1 aliphatic heterocycles. The molecule has 0 unspecified atom stereocenters. The molecule has 6 rings (SSSR count). The number of piperidine rings is 1. The highest BCUT2D eigenvalue weighted by molar-refractivity contribution is 7.71. The molecule has 0 spiro atoms. The van der Waals surface area contributed by atoms with Crippen LogP contribution in [0.25, 0.3) is 16.8 Å². The molecule has 1 aliphatic carbocycles. The lowest BCUT2D eigenvalue weighted by Gasteiger charge is -2.30. The zero-order chi connectivity index (χ0) is 20.8. The van der Waals surface area contributed by atoms with Gasteiger partial charge in [-0.15, -0.1) is 0 Å². The summed E-state index contributed by atoms with van der Waals surface area (Å²) in [6, 6.07) is 18.4. The maximum absolute atomic E-state index is 6.01. The summed E-state index contributed by atoms with van der Waals surface area (Å²) in [4.78, 5) is 7.15. The molecule has 158 valence electrons. The van der Waals surface area contributed by atoms with Crippen molar-refractivity contribution >= 4 is 23.3 Å². The molecule has 0 atom stereocenters. The first-order valence-corrected chi connectivity index (χ1v) is 11.5. The van der Waals surface area contributed by atoms with E-state index in [-0.39, 0.29) is 0 Å². The van der Waals surface area contributed by atoms with Gasteiger partial charge >= 0.3 is 0 Å². The highest BCUT2D eigenvalue weighted by Gasteiger charge is 2.31. The molecule has 3 heterocycles. The van der Waals surface area contributed by atoms with Gasteiger partial charge in [-0.05, 0) is 62.2 Å². The summed E-state index contributed by atoms with van der Waals surface area (Å²) in [5, 5.41) is 4.95. The fourth-order valence-electron chi connectivity index (χ4n) is 4.52. The molecule has 2 aromatic heterocycles. The van der Waals surface area contributed by atoms with Crippen molar-refractivity contribution in [3.8, 4) is 5.69 Å². The second-order valence-electron chi connectivity index (χ2n) is 8.64. The van der Waals surface area contributed by atoms with Crippen molar-refractivity contribution in [2.45, 2.75) is 44.2 Å². The van der Waals surface area contributed by atoms with Crippen LogP contribution in [0.5, 0.6) is 0 Å². The van der Waals surface area contributed by atoms with Gasteiger partial charge in [-0.25, -0.2) is 9.67 Å². The van der Waals surface area contributed by atoms with Crippen molar-refractivity contribution in [2.75, 3.05) is 13.1 Å². The molecule has 1 saturated carbocycles. The predicted octanol–water partition coefficient (Wildman–Crippen LogP) is 5.26. The summed E-state index contributed by atoms with van der Waals surface area (Å²) < 4.78 is 11.0. The molecule has 2 fully saturated rings. The Morgan fingerprint density at radius 2 is 1.65 bits per heavy atom. The molecule has 4 aromatic rings. The van der Waals surface area contributed by atoms with Crippen LogP contribution in [0.15, 0.2) is 59.0 Å². The molecule has 0 bridgehead atoms. The third-order valence-electron chi connectivity index (χ3n) is 6.40. The fourth-order valence-corrected chi connectivity index (χ4v) is 4.82. The Balaban J connectivity index is 1.19. The number of aromatic nitrogens is 4. The van der Waals surface area contributed by atoms with E-state index in [9.17, 15) is 0 Å². The van der Waals surface area contributed by atoms with Crippen LogP contribution in [0, 0.1) is 4.77 Å². The molecule has 1 saturated heterocycles. The molecule has 0 amide bonds.